The molecule has 2 aromatic heterocycles. The van der Waals surface area contributed by atoms with Crippen LogP contribution in [-0.2, 0) is 0 Å². The summed E-state index contributed by atoms with van der Waals surface area (Å²) >= 11 is 1.85. The number of hydrogen-bond acceptors (Lipinski definition) is 3. The van der Waals surface area contributed by atoms with E-state index in [1.807, 2.05) is 11.3 Å². The average Bonchev–Trinajstić information content (AvgIpc) is 3.96. The lowest BCUT2D eigenvalue weighted by Gasteiger charge is -2.28. The summed E-state index contributed by atoms with van der Waals surface area (Å²) in [4.78, 5) is 2.46. The second-order valence-electron chi connectivity index (χ2n) is 16.8. The summed E-state index contributed by atoms with van der Waals surface area (Å²) in [6.45, 7) is 0. The molecular formula is C62H39NOS. The van der Waals surface area contributed by atoms with Gasteiger partial charge in [0.1, 0.15) is 11.2 Å². The Morgan fingerprint density at radius 1 is 0.323 bits per heavy atom. The summed E-state index contributed by atoms with van der Waals surface area (Å²) in [5, 5.41) is 9.42. The number of hydrogen-bond donors (Lipinski definition) is 0. The van der Waals surface area contributed by atoms with Gasteiger partial charge in [0, 0.05) is 42.9 Å². The van der Waals surface area contributed by atoms with Gasteiger partial charge in [-0.2, -0.15) is 0 Å². The molecule has 13 aromatic rings. The van der Waals surface area contributed by atoms with Crippen LogP contribution in [-0.4, -0.2) is 0 Å². The van der Waals surface area contributed by atoms with Crippen molar-refractivity contribution in [3.05, 3.63) is 237 Å². The molecule has 304 valence electrons. The van der Waals surface area contributed by atoms with Gasteiger partial charge in [-0.25, -0.2) is 0 Å². The van der Waals surface area contributed by atoms with Gasteiger partial charge in [-0.3, -0.25) is 0 Å². The van der Waals surface area contributed by atoms with E-state index in [1.165, 1.54) is 69.7 Å². The number of benzene rings is 11. The second kappa shape index (κ2) is 15.2. The molecule has 0 N–H and O–H groups in total. The van der Waals surface area contributed by atoms with Gasteiger partial charge in [-0.05, 0) is 97.6 Å². The first-order chi connectivity index (χ1) is 32.2. The fourth-order valence-electron chi connectivity index (χ4n) is 10.0. The predicted molar refractivity (Wildman–Crippen MR) is 278 cm³/mol. The van der Waals surface area contributed by atoms with Crippen LogP contribution in [0.4, 0.5) is 17.1 Å². The van der Waals surface area contributed by atoms with Crippen molar-refractivity contribution < 1.29 is 4.42 Å². The third kappa shape index (κ3) is 6.16. The molecule has 0 radical (unpaired) electrons. The van der Waals surface area contributed by atoms with E-state index < -0.39 is 0 Å². The lowest BCUT2D eigenvalue weighted by Crippen LogP contribution is -2.11. The Hall–Kier alpha value is -8.24. The van der Waals surface area contributed by atoms with E-state index in [4.69, 9.17) is 4.42 Å². The van der Waals surface area contributed by atoms with Crippen LogP contribution in [0.1, 0.15) is 0 Å². The molecule has 0 aliphatic rings. The number of nitrogens with zero attached hydrogens (tertiary/aromatic N) is 1. The number of thiophene rings is 1. The molecule has 0 aliphatic carbocycles. The maximum absolute atomic E-state index is 7.40. The molecule has 0 saturated heterocycles. The quantitative estimate of drug-likeness (QED) is 0.159. The largest absolute Gasteiger partial charge is 0.455 e. The van der Waals surface area contributed by atoms with Crippen molar-refractivity contribution in [1.29, 1.82) is 0 Å². The normalized spacial score (nSPS) is 11.7. The Morgan fingerprint density at radius 3 is 1.63 bits per heavy atom. The zero-order chi connectivity index (χ0) is 42.8. The number of fused-ring (bicyclic) bond motifs is 9. The van der Waals surface area contributed by atoms with E-state index in [-0.39, 0.29) is 0 Å². The summed E-state index contributed by atoms with van der Waals surface area (Å²) < 4.78 is 9.90. The van der Waals surface area contributed by atoms with E-state index in [9.17, 15) is 0 Å². The Labute approximate surface area is 380 Å². The molecule has 0 amide bonds. The summed E-state index contributed by atoms with van der Waals surface area (Å²) in [5.41, 5.74) is 14.2. The molecule has 0 atom stereocenters. The Morgan fingerprint density at radius 2 is 0.877 bits per heavy atom. The molecule has 0 saturated carbocycles. The standard InChI is InChI=1S/C62H39NOS/c1-3-15-40(16-4-1)42-29-31-45(32-30-42)59-56(38-37-52-55-39-54(48-25-13-20-44-19-7-8-21-47(44)48)49-22-9-10-24-51(49)60(55)64-61(52)59)63(46-35-33-43(34-36-46)41-17-5-2-6-18-41)57-27-14-26-53-50-23-11-12-28-58(50)65-62(53)57/h1-39H. The fourth-order valence-corrected chi connectivity index (χ4v) is 11.2. The number of furan rings is 1. The SMILES string of the molecule is c1ccc(-c2ccc(-c3c(N(c4ccc(-c5ccccc5)cc4)c4cccc5c4sc4ccccc45)ccc4c3oc3c5ccccc5c(-c5cccc6ccccc56)cc43)cc2)cc1. The van der Waals surface area contributed by atoms with E-state index in [2.05, 4.69) is 241 Å². The van der Waals surface area contributed by atoms with Crippen molar-refractivity contribution in [2.24, 2.45) is 0 Å². The van der Waals surface area contributed by atoms with Crippen LogP contribution in [0.3, 0.4) is 0 Å². The Balaban J connectivity index is 1.11. The highest BCUT2D eigenvalue weighted by Gasteiger charge is 2.26. The molecule has 2 heterocycles. The van der Waals surface area contributed by atoms with Crippen molar-refractivity contribution in [2.75, 3.05) is 4.90 Å². The summed E-state index contributed by atoms with van der Waals surface area (Å²) in [5.74, 6) is 0. The molecule has 13 rings (SSSR count). The number of rotatable bonds is 7. The van der Waals surface area contributed by atoms with Crippen LogP contribution in [0.15, 0.2) is 241 Å². The minimum Gasteiger partial charge on any atom is -0.455 e. The smallest absolute Gasteiger partial charge is 0.145 e. The number of anilines is 3. The van der Waals surface area contributed by atoms with Crippen LogP contribution in [0, 0.1) is 0 Å². The predicted octanol–water partition coefficient (Wildman–Crippen LogP) is 18.4. The van der Waals surface area contributed by atoms with Gasteiger partial charge >= 0.3 is 0 Å². The van der Waals surface area contributed by atoms with Crippen LogP contribution in [0.5, 0.6) is 0 Å². The van der Waals surface area contributed by atoms with Crippen LogP contribution >= 0.6 is 11.3 Å². The lowest BCUT2D eigenvalue weighted by molar-refractivity contribution is 0.674. The topological polar surface area (TPSA) is 16.4 Å². The van der Waals surface area contributed by atoms with E-state index in [0.29, 0.717) is 0 Å². The molecule has 0 unspecified atom stereocenters. The minimum atomic E-state index is 0.861. The molecule has 0 spiro atoms. The summed E-state index contributed by atoms with van der Waals surface area (Å²) in [7, 11) is 0. The van der Waals surface area contributed by atoms with Crippen LogP contribution < -0.4 is 4.90 Å². The van der Waals surface area contributed by atoms with E-state index in [1.54, 1.807) is 0 Å². The van der Waals surface area contributed by atoms with Gasteiger partial charge < -0.3 is 9.32 Å². The highest BCUT2D eigenvalue weighted by Crippen LogP contribution is 2.51. The molecule has 0 aliphatic heterocycles. The first kappa shape index (κ1) is 37.3. The molecule has 0 fully saturated rings. The first-order valence-corrected chi connectivity index (χ1v) is 23.0. The van der Waals surface area contributed by atoms with Gasteiger partial charge in [0.05, 0.1) is 16.1 Å². The molecule has 3 heteroatoms. The fraction of sp³-hybridized carbons (Fsp3) is 0. The Kier molecular flexibility index (Phi) is 8.75. The van der Waals surface area contributed by atoms with Gasteiger partial charge in [-0.1, -0.05) is 194 Å². The molecular weight excluding hydrogens is 807 g/mol. The summed E-state index contributed by atoms with van der Waals surface area (Å²) in [6.07, 6.45) is 0. The third-order valence-corrected chi connectivity index (χ3v) is 14.3. The maximum atomic E-state index is 7.40. The second-order valence-corrected chi connectivity index (χ2v) is 17.8. The van der Waals surface area contributed by atoms with Crippen LogP contribution in [0.2, 0.25) is 0 Å². The average molecular weight is 846 g/mol. The van der Waals surface area contributed by atoms with Crippen molar-refractivity contribution in [3.8, 4) is 44.5 Å². The van der Waals surface area contributed by atoms with Crippen molar-refractivity contribution >= 4 is 92.1 Å². The molecule has 11 aromatic carbocycles. The monoisotopic (exact) mass is 845 g/mol. The maximum Gasteiger partial charge on any atom is 0.145 e. The van der Waals surface area contributed by atoms with Crippen molar-refractivity contribution in [1.82, 2.24) is 0 Å². The van der Waals surface area contributed by atoms with Crippen molar-refractivity contribution in [3.63, 3.8) is 0 Å². The van der Waals surface area contributed by atoms with Gasteiger partial charge in [-0.15, -0.1) is 11.3 Å². The molecule has 0 bridgehead atoms. The highest BCUT2D eigenvalue weighted by molar-refractivity contribution is 7.26. The Bertz CT molecular complexity index is 3920. The van der Waals surface area contributed by atoms with E-state index in [0.717, 1.165) is 55.5 Å². The van der Waals surface area contributed by atoms with Gasteiger partial charge in [0.2, 0.25) is 0 Å². The first-order valence-electron chi connectivity index (χ1n) is 22.2. The molecule has 65 heavy (non-hydrogen) atoms. The van der Waals surface area contributed by atoms with Gasteiger partial charge in [0.25, 0.3) is 0 Å². The summed E-state index contributed by atoms with van der Waals surface area (Å²) in [6, 6.07) is 85.8. The highest BCUT2D eigenvalue weighted by atomic mass is 32.1. The molecule has 2 nitrogen and oxygen atoms in total. The zero-order valence-corrected chi connectivity index (χ0v) is 36.1. The lowest BCUT2D eigenvalue weighted by atomic mass is 9.91. The van der Waals surface area contributed by atoms with Crippen molar-refractivity contribution in [2.45, 2.75) is 0 Å². The van der Waals surface area contributed by atoms with Gasteiger partial charge in [0.15, 0.2) is 0 Å². The third-order valence-electron chi connectivity index (χ3n) is 13.1. The van der Waals surface area contributed by atoms with E-state index >= 15 is 0 Å². The van der Waals surface area contributed by atoms with Crippen LogP contribution in [0.25, 0.3) is 108 Å². The zero-order valence-electron chi connectivity index (χ0n) is 35.3. The minimum absolute atomic E-state index is 0.861.